The Kier molecular flexibility index (Phi) is 7.35. The second kappa shape index (κ2) is 9.27. The first-order chi connectivity index (χ1) is 12.0. The Labute approximate surface area is 155 Å². The van der Waals surface area contributed by atoms with Gasteiger partial charge in [-0.1, -0.05) is 43.2 Å². The molecule has 1 heterocycles. The number of benzene rings is 1. The molecule has 2 aromatic rings. The van der Waals surface area contributed by atoms with Gasteiger partial charge in [0.25, 0.3) is 5.91 Å². The third-order valence-electron chi connectivity index (χ3n) is 4.60. The Morgan fingerprint density at radius 3 is 2.48 bits per heavy atom. The van der Waals surface area contributed by atoms with E-state index in [9.17, 15) is 9.00 Å². The van der Waals surface area contributed by atoms with Gasteiger partial charge in [-0.2, -0.15) is 0 Å². The molecule has 2 N–H and O–H groups in total. The quantitative estimate of drug-likeness (QED) is 0.390. The summed E-state index contributed by atoms with van der Waals surface area (Å²) in [5.74, 6) is -0.572. The van der Waals surface area contributed by atoms with Gasteiger partial charge in [0.1, 0.15) is 4.75 Å². The number of aryl methyl sites for hydroxylation is 1. The maximum atomic E-state index is 11.8. The summed E-state index contributed by atoms with van der Waals surface area (Å²) in [7, 11) is -1.33. The molecule has 0 aliphatic heterocycles. The lowest BCUT2D eigenvalue weighted by atomic mass is 9.99. The number of hydrogen-bond acceptors (Lipinski definition) is 4. The normalized spacial score (nSPS) is 14.7. The highest BCUT2D eigenvalue weighted by atomic mass is 32.2. The Hall–Kier alpha value is -1.50. The van der Waals surface area contributed by atoms with Crippen molar-refractivity contribution >= 4 is 28.0 Å². The second-order valence-corrected chi connectivity index (χ2v) is 9.12. The van der Waals surface area contributed by atoms with Gasteiger partial charge < -0.3 is 0 Å². The van der Waals surface area contributed by atoms with Crippen LogP contribution in [0.15, 0.2) is 41.8 Å². The molecule has 1 aromatic heterocycles. The fourth-order valence-electron chi connectivity index (χ4n) is 2.75. The van der Waals surface area contributed by atoms with E-state index in [0.717, 1.165) is 25.7 Å². The van der Waals surface area contributed by atoms with Gasteiger partial charge in [0.2, 0.25) is 0 Å². The standard InChI is InChI=1S/C19H25NO3S2/c1-19(25(2)23,18(21)20-22)13-5-3-4-7-15-9-11-16(12-10-15)17-8-6-14-24-17/h6,8-12,14,22H,3-5,7,13H2,1-2H3,(H,20,21). The lowest BCUT2D eigenvalue weighted by Crippen LogP contribution is -2.46. The molecule has 0 aliphatic carbocycles. The summed E-state index contributed by atoms with van der Waals surface area (Å²) in [6.07, 6.45) is 5.77. The van der Waals surface area contributed by atoms with Gasteiger partial charge in [-0.25, -0.2) is 5.48 Å². The molecular formula is C19H25NO3S2. The van der Waals surface area contributed by atoms with E-state index in [1.165, 1.54) is 22.3 Å². The van der Waals surface area contributed by atoms with Gasteiger partial charge in [0, 0.05) is 21.9 Å². The van der Waals surface area contributed by atoms with Gasteiger partial charge in [-0.05, 0) is 48.8 Å². The van der Waals surface area contributed by atoms with Crippen LogP contribution in [0.1, 0.15) is 38.2 Å². The molecule has 0 aliphatic rings. The lowest BCUT2D eigenvalue weighted by molar-refractivity contribution is -0.131. The van der Waals surface area contributed by atoms with Crippen LogP contribution in [-0.2, 0) is 22.0 Å². The van der Waals surface area contributed by atoms with Crippen molar-refractivity contribution in [2.45, 2.75) is 43.8 Å². The highest BCUT2D eigenvalue weighted by Gasteiger charge is 2.36. The monoisotopic (exact) mass is 379 g/mol. The predicted molar refractivity (Wildman–Crippen MR) is 104 cm³/mol. The first-order valence-corrected chi connectivity index (χ1v) is 10.8. The van der Waals surface area contributed by atoms with E-state index in [1.807, 2.05) is 0 Å². The molecule has 0 fully saturated rings. The Morgan fingerprint density at radius 2 is 1.92 bits per heavy atom. The molecule has 0 saturated heterocycles. The van der Waals surface area contributed by atoms with Crippen LogP contribution in [-0.4, -0.2) is 26.3 Å². The van der Waals surface area contributed by atoms with Gasteiger partial charge in [-0.15, -0.1) is 11.3 Å². The Bertz CT molecular complexity index is 698. The minimum absolute atomic E-state index is 0.500. The zero-order chi connectivity index (χ0) is 18.3. The summed E-state index contributed by atoms with van der Waals surface area (Å²) in [4.78, 5) is 13.0. The van der Waals surface area contributed by atoms with Gasteiger partial charge in [0.05, 0.1) is 0 Å². The summed E-state index contributed by atoms with van der Waals surface area (Å²) < 4.78 is 10.8. The number of unbranched alkanes of at least 4 members (excludes halogenated alkanes) is 2. The first kappa shape index (κ1) is 19.8. The number of amides is 1. The minimum atomic E-state index is -1.33. The third-order valence-corrected chi connectivity index (χ3v) is 7.17. The Balaban J connectivity index is 1.77. The van der Waals surface area contributed by atoms with Crippen molar-refractivity contribution < 1.29 is 14.2 Å². The molecule has 1 aromatic carbocycles. The molecular weight excluding hydrogens is 354 g/mol. The molecule has 25 heavy (non-hydrogen) atoms. The fraction of sp³-hybridized carbons (Fsp3) is 0.421. The summed E-state index contributed by atoms with van der Waals surface area (Å²) in [6.45, 7) is 1.64. The topological polar surface area (TPSA) is 66.4 Å². The SMILES string of the molecule is CS(=O)C(C)(CCCCCc1ccc(-c2cccs2)cc1)C(=O)NO. The van der Waals surface area contributed by atoms with E-state index in [0.29, 0.717) is 6.42 Å². The zero-order valence-electron chi connectivity index (χ0n) is 14.7. The van der Waals surface area contributed by atoms with Crippen molar-refractivity contribution in [1.29, 1.82) is 0 Å². The lowest BCUT2D eigenvalue weighted by Gasteiger charge is -2.24. The van der Waals surface area contributed by atoms with Crippen LogP contribution < -0.4 is 5.48 Å². The number of hydrogen-bond donors (Lipinski definition) is 2. The molecule has 4 nitrogen and oxygen atoms in total. The van der Waals surface area contributed by atoms with Crippen LogP contribution in [0.3, 0.4) is 0 Å². The average Bonchev–Trinajstić information content (AvgIpc) is 3.15. The number of thiophene rings is 1. The molecule has 2 rings (SSSR count). The molecule has 0 spiro atoms. The van der Waals surface area contributed by atoms with Crippen molar-refractivity contribution in [3.63, 3.8) is 0 Å². The number of carbonyl (C=O) groups excluding carboxylic acids is 1. The van der Waals surface area contributed by atoms with E-state index in [2.05, 4.69) is 41.8 Å². The number of nitrogens with one attached hydrogen (secondary N) is 1. The zero-order valence-corrected chi connectivity index (χ0v) is 16.3. The third kappa shape index (κ3) is 5.23. The van der Waals surface area contributed by atoms with E-state index < -0.39 is 21.5 Å². The summed E-state index contributed by atoms with van der Waals surface area (Å²) in [5.41, 5.74) is 4.19. The van der Waals surface area contributed by atoms with Gasteiger partial charge >= 0.3 is 0 Å². The second-order valence-electron chi connectivity index (χ2n) is 6.36. The van der Waals surface area contributed by atoms with Crippen LogP contribution in [0.4, 0.5) is 0 Å². The number of hydroxylamine groups is 1. The molecule has 6 heteroatoms. The van der Waals surface area contributed by atoms with Gasteiger partial charge in [-0.3, -0.25) is 14.2 Å². The fourth-order valence-corrected chi connectivity index (χ4v) is 4.22. The van der Waals surface area contributed by atoms with Crippen LogP contribution in [0.5, 0.6) is 0 Å². The smallest absolute Gasteiger partial charge is 0.261 e. The van der Waals surface area contributed by atoms with E-state index in [1.54, 1.807) is 23.7 Å². The van der Waals surface area contributed by atoms with Crippen LogP contribution in [0.25, 0.3) is 10.4 Å². The maximum Gasteiger partial charge on any atom is 0.261 e. The summed E-state index contributed by atoms with van der Waals surface area (Å²) >= 11 is 1.74. The van der Waals surface area contributed by atoms with Crippen LogP contribution in [0, 0.1) is 0 Å². The summed E-state index contributed by atoms with van der Waals surface area (Å²) in [5, 5.41) is 10.9. The maximum absolute atomic E-state index is 11.8. The first-order valence-electron chi connectivity index (χ1n) is 8.38. The molecule has 136 valence electrons. The number of rotatable bonds is 9. The number of carbonyl (C=O) groups is 1. The largest absolute Gasteiger partial charge is 0.289 e. The highest BCUT2D eigenvalue weighted by Crippen LogP contribution is 2.25. The van der Waals surface area contributed by atoms with Crippen molar-refractivity contribution in [1.82, 2.24) is 5.48 Å². The average molecular weight is 380 g/mol. The molecule has 0 bridgehead atoms. The molecule has 2 atom stereocenters. The van der Waals surface area contributed by atoms with Crippen molar-refractivity contribution in [2.75, 3.05) is 6.26 Å². The van der Waals surface area contributed by atoms with Crippen LogP contribution >= 0.6 is 11.3 Å². The van der Waals surface area contributed by atoms with Crippen molar-refractivity contribution in [3.8, 4) is 10.4 Å². The summed E-state index contributed by atoms with van der Waals surface area (Å²) in [6, 6.07) is 12.8. The molecule has 2 unspecified atom stereocenters. The predicted octanol–water partition coefficient (Wildman–Crippen LogP) is 4.16. The molecule has 1 amide bonds. The molecule has 0 saturated carbocycles. The Morgan fingerprint density at radius 1 is 1.20 bits per heavy atom. The van der Waals surface area contributed by atoms with E-state index in [-0.39, 0.29) is 0 Å². The van der Waals surface area contributed by atoms with Crippen molar-refractivity contribution in [2.24, 2.45) is 0 Å². The van der Waals surface area contributed by atoms with Crippen LogP contribution in [0.2, 0.25) is 0 Å². The van der Waals surface area contributed by atoms with E-state index in [4.69, 9.17) is 5.21 Å². The van der Waals surface area contributed by atoms with Crippen molar-refractivity contribution in [3.05, 3.63) is 47.3 Å². The van der Waals surface area contributed by atoms with E-state index >= 15 is 0 Å². The van der Waals surface area contributed by atoms with Gasteiger partial charge in [0.15, 0.2) is 0 Å². The molecule has 0 radical (unpaired) electrons. The highest BCUT2D eigenvalue weighted by molar-refractivity contribution is 7.86. The minimum Gasteiger partial charge on any atom is -0.289 e.